The summed E-state index contributed by atoms with van der Waals surface area (Å²) in [6, 6.07) is 59.8. The van der Waals surface area contributed by atoms with Crippen molar-refractivity contribution in [2.75, 3.05) is 14.7 Å². The van der Waals surface area contributed by atoms with Gasteiger partial charge >= 0.3 is 0 Å². The highest BCUT2D eigenvalue weighted by Crippen LogP contribution is 2.65. The second-order valence-corrected chi connectivity index (χ2v) is 29.8. The summed E-state index contributed by atoms with van der Waals surface area (Å²) in [6.45, 7) is 41.4. The molecular weight excluding hydrogens is 955 g/mol. The van der Waals surface area contributed by atoms with Gasteiger partial charge in [-0.1, -0.05) is 190 Å². The fourth-order valence-electron chi connectivity index (χ4n) is 15.4. The lowest BCUT2D eigenvalue weighted by molar-refractivity contribution is 0.332. The van der Waals surface area contributed by atoms with E-state index in [4.69, 9.17) is 0 Å². The zero-order chi connectivity index (χ0) is 55.9. The molecule has 0 saturated heterocycles. The van der Waals surface area contributed by atoms with Crippen molar-refractivity contribution in [3.63, 3.8) is 0 Å². The number of rotatable bonds is 5. The third kappa shape index (κ3) is 7.78. The van der Waals surface area contributed by atoms with Gasteiger partial charge in [0, 0.05) is 45.3 Å². The maximum atomic E-state index is 2.76. The molecule has 0 saturated carbocycles. The zero-order valence-electron chi connectivity index (χ0n) is 50.5. The topological polar surface area (TPSA) is 9.72 Å². The van der Waals surface area contributed by atoms with Crippen LogP contribution in [0.5, 0.6) is 0 Å². The highest BCUT2D eigenvalue weighted by atomic mass is 15.2. The van der Waals surface area contributed by atoms with E-state index in [0.29, 0.717) is 0 Å². The Hall–Kier alpha value is -6.84. The summed E-state index contributed by atoms with van der Waals surface area (Å²) in [4.78, 5) is 7.89. The second kappa shape index (κ2) is 16.9. The largest absolute Gasteiger partial charge is 0.310 e. The summed E-state index contributed by atoms with van der Waals surface area (Å²) in [7, 11) is 0. The highest BCUT2D eigenvalue weighted by Gasteiger charge is 2.49. The normalized spacial score (nSPS) is 19.1. The minimum atomic E-state index is -0.210. The molecule has 79 heavy (non-hydrogen) atoms. The molecule has 5 aliphatic rings. The van der Waals surface area contributed by atoms with Gasteiger partial charge in [0.05, 0.1) is 22.7 Å². The third-order valence-electron chi connectivity index (χ3n) is 19.9. The molecule has 0 N–H and O–H groups in total. The van der Waals surface area contributed by atoms with Crippen molar-refractivity contribution in [2.45, 2.75) is 181 Å². The summed E-state index contributed by atoms with van der Waals surface area (Å²) < 4.78 is 0. The van der Waals surface area contributed by atoms with Gasteiger partial charge in [-0.05, 0) is 204 Å². The Kier molecular flexibility index (Phi) is 11.0. The van der Waals surface area contributed by atoms with Crippen LogP contribution in [0.4, 0.5) is 51.2 Å². The lowest BCUT2D eigenvalue weighted by atomic mass is 9.62. The van der Waals surface area contributed by atoms with Crippen molar-refractivity contribution < 1.29 is 0 Å². The van der Waals surface area contributed by atoms with Gasteiger partial charge in [0.2, 0.25) is 0 Å². The number of aryl methyl sites for hydroxylation is 1. The van der Waals surface area contributed by atoms with Crippen molar-refractivity contribution >= 4 is 51.2 Å². The smallest absolute Gasteiger partial charge is 0.0527 e. The minimum Gasteiger partial charge on any atom is -0.310 e. The van der Waals surface area contributed by atoms with Gasteiger partial charge in [0.25, 0.3) is 0 Å². The molecule has 0 amide bonds. The fourth-order valence-corrected chi connectivity index (χ4v) is 15.4. The molecule has 1 unspecified atom stereocenters. The molecule has 3 heteroatoms. The molecule has 0 radical (unpaired) electrons. The Morgan fingerprint density at radius 2 is 0.911 bits per heavy atom. The van der Waals surface area contributed by atoms with Crippen LogP contribution in [-0.4, -0.2) is 0 Å². The first-order chi connectivity index (χ1) is 37.1. The van der Waals surface area contributed by atoms with Crippen LogP contribution in [0, 0.1) is 6.92 Å². The molecule has 8 aromatic rings. The number of hydrogen-bond acceptors (Lipinski definition) is 3. The average Bonchev–Trinajstić information content (AvgIpc) is 3.44. The molecule has 2 heterocycles. The first-order valence-corrected chi connectivity index (χ1v) is 29.5. The Labute approximate surface area is 473 Å². The van der Waals surface area contributed by atoms with Crippen molar-refractivity contribution in [1.29, 1.82) is 0 Å². The summed E-state index contributed by atoms with van der Waals surface area (Å²) in [5.41, 5.74) is 30.5. The van der Waals surface area contributed by atoms with Gasteiger partial charge in [-0.25, -0.2) is 0 Å². The molecule has 8 aromatic carbocycles. The van der Waals surface area contributed by atoms with E-state index in [0.717, 1.165) is 23.5 Å². The maximum absolute atomic E-state index is 2.76. The fraction of sp³-hybridized carbons (Fsp3) is 0.368. The van der Waals surface area contributed by atoms with Crippen LogP contribution in [-0.2, 0) is 37.9 Å². The quantitative estimate of drug-likeness (QED) is 0.170. The molecule has 0 bridgehead atoms. The van der Waals surface area contributed by atoms with Crippen LogP contribution >= 0.6 is 0 Å². The number of hydrogen-bond donors (Lipinski definition) is 0. The number of benzene rings is 8. The van der Waals surface area contributed by atoms with Crippen LogP contribution in [0.3, 0.4) is 0 Å². The Balaban J connectivity index is 1.14. The molecule has 0 aromatic heterocycles. The molecule has 402 valence electrons. The van der Waals surface area contributed by atoms with Crippen molar-refractivity contribution in [3.8, 4) is 11.1 Å². The first-order valence-electron chi connectivity index (χ1n) is 29.5. The summed E-state index contributed by atoms with van der Waals surface area (Å²) in [5, 5.41) is 0. The van der Waals surface area contributed by atoms with E-state index in [1.54, 1.807) is 0 Å². The SMILES string of the molecule is Cc1cc2c(cc1N1c3cc4c(cc3C3c5ccc(N(c6ccccc6)c6ccccc6)cc5N(c5ccc6c(c5)C(C)(C)c5cc(C(C)(C)C)ccc5-6)c5cc(C(C)(C)C)cc1c53)C(C)(C)CC4(C)C)C(C)(C)CCC2(C)C. The molecule has 1 atom stereocenters. The van der Waals surface area contributed by atoms with Crippen molar-refractivity contribution in [1.82, 2.24) is 0 Å². The number of anilines is 9. The predicted octanol–water partition coefficient (Wildman–Crippen LogP) is 21.4. The van der Waals surface area contributed by atoms with E-state index in [-0.39, 0.29) is 43.8 Å². The van der Waals surface area contributed by atoms with Gasteiger partial charge in [-0.2, -0.15) is 0 Å². The minimum absolute atomic E-state index is 0.0109. The molecule has 13 rings (SSSR count). The molecule has 3 aliphatic carbocycles. The maximum Gasteiger partial charge on any atom is 0.0527 e. The van der Waals surface area contributed by atoms with Gasteiger partial charge in [0.15, 0.2) is 0 Å². The zero-order valence-corrected chi connectivity index (χ0v) is 50.5. The van der Waals surface area contributed by atoms with Crippen LogP contribution in [0.2, 0.25) is 0 Å². The van der Waals surface area contributed by atoms with Gasteiger partial charge in [-0.15, -0.1) is 0 Å². The van der Waals surface area contributed by atoms with Crippen LogP contribution in [0.25, 0.3) is 11.1 Å². The summed E-state index contributed by atoms with van der Waals surface area (Å²) in [6.07, 6.45) is 3.46. The second-order valence-electron chi connectivity index (χ2n) is 29.8. The molecule has 0 spiro atoms. The van der Waals surface area contributed by atoms with E-state index in [9.17, 15) is 0 Å². The van der Waals surface area contributed by atoms with Gasteiger partial charge < -0.3 is 14.7 Å². The van der Waals surface area contributed by atoms with Gasteiger partial charge in [-0.3, -0.25) is 0 Å². The van der Waals surface area contributed by atoms with Crippen LogP contribution in [0.1, 0.15) is 203 Å². The Morgan fingerprint density at radius 3 is 1.51 bits per heavy atom. The first kappa shape index (κ1) is 51.6. The molecular formula is C76H83N3. The third-order valence-corrected chi connectivity index (χ3v) is 19.9. The summed E-state index contributed by atoms with van der Waals surface area (Å²) >= 11 is 0. The van der Waals surface area contributed by atoms with Crippen LogP contribution < -0.4 is 14.7 Å². The lowest BCUT2D eigenvalue weighted by Gasteiger charge is -2.48. The van der Waals surface area contributed by atoms with E-state index in [2.05, 4.69) is 284 Å². The lowest BCUT2D eigenvalue weighted by Crippen LogP contribution is -2.35. The highest BCUT2D eigenvalue weighted by molar-refractivity contribution is 5.99. The summed E-state index contributed by atoms with van der Waals surface area (Å²) in [5.74, 6) is -0.0310. The Bertz CT molecular complexity index is 3790. The predicted molar refractivity (Wildman–Crippen MR) is 337 cm³/mol. The van der Waals surface area contributed by atoms with E-state index >= 15 is 0 Å². The monoisotopic (exact) mass is 1040 g/mol. The number of fused-ring (bicyclic) bond motifs is 9. The van der Waals surface area contributed by atoms with E-state index in [1.807, 2.05) is 0 Å². The molecule has 2 aliphatic heterocycles. The van der Waals surface area contributed by atoms with Crippen molar-refractivity contribution in [2.24, 2.45) is 0 Å². The van der Waals surface area contributed by atoms with E-state index in [1.165, 1.54) is 125 Å². The molecule has 0 fully saturated rings. The molecule has 3 nitrogen and oxygen atoms in total. The van der Waals surface area contributed by atoms with Crippen molar-refractivity contribution in [3.05, 3.63) is 218 Å². The average molecular weight is 1040 g/mol. The Morgan fingerprint density at radius 1 is 0.405 bits per heavy atom. The van der Waals surface area contributed by atoms with E-state index < -0.39 is 0 Å². The number of para-hydroxylation sites is 2. The number of nitrogens with zero attached hydrogens (tertiary/aromatic N) is 3. The van der Waals surface area contributed by atoms with Gasteiger partial charge in [0.1, 0.15) is 0 Å². The standard InChI is InChI=1S/C76H83N3/c1-46-36-59-61(73(10,11)35-34-72(59,8)9)43-63(46)79-65-44-62-60(74(12,13)45-75(62,14)15)42-56(65)68-55-33-30-52(77(49-24-20-18-21-25-49)50-26-22-19-23-27-50)41-64(55)78(66-38-48(71(5,6)7)39-67(79)69(66)68)51-29-32-54-53-31-28-47(70(2,3)4)37-57(53)76(16,17)58(54)40-51/h18-33,36-44,68H,34-35,45H2,1-17H3. The van der Waals surface area contributed by atoms with Crippen LogP contribution in [0.15, 0.2) is 152 Å².